The van der Waals surface area contributed by atoms with E-state index >= 15 is 0 Å². The number of hydrogen-bond acceptors (Lipinski definition) is 4. The van der Waals surface area contributed by atoms with Gasteiger partial charge in [-0.25, -0.2) is 0 Å². The first kappa shape index (κ1) is 26.1. The molecule has 5 nitrogen and oxygen atoms in total. The molecule has 1 atom stereocenters. The van der Waals surface area contributed by atoms with Crippen molar-refractivity contribution in [2.24, 2.45) is 5.73 Å². The Morgan fingerprint density at radius 3 is 1.75 bits per heavy atom. The largest absolute Gasteiger partial charge is 1.00 e. The van der Waals surface area contributed by atoms with E-state index < -0.39 is 18.0 Å². The Bertz CT molecular complexity index is 319. The molecule has 0 aromatic heterocycles. The molecule has 3 N–H and O–H groups in total. The maximum absolute atomic E-state index is 11.4. The molecule has 138 valence electrons. The van der Waals surface area contributed by atoms with E-state index in [0.717, 1.165) is 19.3 Å². The Hall–Kier alpha value is -0.100. The molecule has 0 aliphatic heterocycles. The molecule has 0 rings (SSSR count). The minimum Gasteiger partial charge on any atom is -1.00 e. The fraction of sp³-hybridized carbons (Fsp3) is 0.889. The second-order valence-corrected chi connectivity index (χ2v) is 6.26. The Labute approximate surface area is 170 Å². The normalized spacial score (nSPS) is 11.6. The van der Waals surface area contributed by atoms with Crippen LogP contribution >= 0.6 is 0 Å². The molecule has 0 aliphatic carbocycles. The topological polar surface area (TPSA) is 89.6 Å². The van der Waals surface area contributed by atoms with Crippen molar-refractivity contribution < 1.29 is 50.4 Å². The van der Waals surface area contributed by atoms with Gasteiger partial charge in [0.25, 0.3) is 0 Å². The van der Waals surface area contributed by atoms with Crippen molar-refractivity contribution in [3.8, 4) is 0 Å². The molecule has 0 aromatic rings. The Kier molecular flexibility index (Phi) is 20.9. The molecule has 0 radical (unpaired) electrons. The fourth-order valence-corrected chi connectivity index (χ4v) is 2.49. The number of carboxylic acids is 1. The number of esters is 1. The average molecular weight is 353 g/mol. The molecule has 0 fully saturated rings. The minimum atomic E-state index is -1.08. The number of nitrogens with two attached hydrogens (primary N) is 1. The van der Waals surface area contributed by atoms with E-state index in [1.54, 1.807) is 0 Å². The Morgan fingerprint density at radius 2 is 1.33 bits per heavy atom. The first-order valence-electron chi connectivity index (χ1n) is 9.22. The van der Waals surface area contributed by atoms with Crippen LogP contribution in [-0.2, 0) is 14.3 Å². The van der Waals surface area contributed by atoms with Crippen molar-refractivity contribution in [1.82, 2.24) is 0 Å². The van der Waals surface area contributed by atoms with Crippen molar-refractivity contribution >= 4 is 11.9 Å². The van der Waals surface area contributed by atoms with Gasteiger partial charge in [0.1, 0.15) is 6.04 Å². The number of ether oxygens (including phenoxy) is 1. The zero-order valence-electron chi connectivity index (χ0n) is 16.7. The van der Waals surface area contributed by atoms with E-state index in [9.17, 15) is 9.59 Å². The van der Waals surface area contributed by atoms with Crippen molar-refractivity contribution in [3.05, 3.63) is 0 Å². The summed E-state index contributed by atoms with van der Waals surface area (Å²) in [5, 5.41) is 8.53. The molecule has 0 unspecified atom stereocenters. The molecule has 0 amide bonds. The van der Waals surface area contributed by atoms with Crippen molar-refractivity contribution in [2.45, 2.75) is 96.4 Å². The van der Waals surface area contributed by atoms with Crippen LogP contribution in [0.1, 0.15) is 91.8 Å². The summed E-state index contributed by atoms with van der Waals surface area (Å²) in [6.45, 7) is 2.58. The van der Waals surface area contributed by atoms with Gasteiger partial charge in [0, 0.05) is 0 Å². The number of carbonyl (C=O) groups excluding carboxylic acids is 1. The minimum absolute atomic E-state index is 0. The number of carboxylic acid groups (broad SMARTS) is 1. The van der Waals surface area contributed by atoms with Gasteiger partial charge in [-0.1, -0.05) is 77.6 Å². The van der Waals surface area contributed by atoms with Gasteiger partial charge in [0.2, 0.25) is 0 Å². The summed E-state index contributed by atoms with van der Waals surface area (Å²) in [7, 11) is 0. The summed E-state index contributed by atoms with van der Waals surface area (Å²) < 4.78 is 4.97. The van der Waals surface area contributed by atoms with E-state index in [2.05, 4.69) is 6.92 Å². The monoisotopic (exact) mass is 353 g/mol. The molecule has 0 heterocycles. The first-order chi connectivity index (χ1) is 11.1. The Morgan fingerprint density at radius 1 is 0.917 bits per heavy atom. The summed E-state index contributed by atoms with van der Waals surface area (Å²) in [5.74, 6) is -1.70. The second kappa shape index (κ2) is 19.2. The predicted octanol–water partition coefficient (Wildman–Crippen LogP) is 1.15. The number of aliphatic carboxylic acids is 1. The summed E-state index contributed by atoms with van der Waals surface area (Å²) >= 11 is 0. The maximum atomic E-state index is 11.4. The standard InChI is InChI=1S/C18H35NO4.Na.H/c1-2-3-4-5-6-7-8-9-10-11-12-13-14-23-18(22)16(19)15-17(20)21;;/h16H,2-15,19H2,1H3,(H,20,21);;/q;+1;-1/t16-;;/m0../s1. The zero-order valence-corrected chi connectivity index (χ0v) is 17.7. The van der Waals surface area contributed by atoms with Crippen LogP contribution in [0.5, 0.6) is 0 Å². The van der Waals surface area contributed by atoms with Crippen LogP contribution in [0.3, 0.4) is 0 Å². The van der Waals surface area contributed by atoms with Crippen LogP contribution in [0.25, 0.3) is 0 Å². The van der Waals surface area contributed by atoms with Crippen LogP contribution in [0.15, 0.2) is 0 Å². The summed E-state index contributed by atoms with van der Waals surface area (Å²) in [6.07, 6.45) is 14.6. The maximum Gasteiger partial charge on any atom is 1.00 e. The van der Waals surface area contributed by atoms with Gasteiger partial charge in [-0.15, -0.1) is 0 Å². The zero-order chi connectivity index (χ0) is 17.3. The molecule has 6 heteroatoms. The first-order valence-corrected chi connectivity index (χ1v) is 9.22. The van der Waals surface area contributed by atoms with E-state index in [0.29, 0.717) is 6.61 Å². The second-order valence-electron chi connectivity index (χ2n) is 6.26. The number of carbonyl (C=O) groups is 2. The van der Waals surface area contributed by atoms with Gasteiger partial charge in [-0.2, -0.15) is 0 Å². The van der Waals surface area contributed by atoms with Crippen LogP contribution in [0.4, 0.5) is 0 Å². The van der Waals surface area contributed by atoms with E-state index in [1.165, 1.54) is 57.8 Å². The number of unbranched alkanes of at least 4 members (excludes halogenated alkanes) is 11. The van der Waals surface area contributed by atoms with Gasteiger partial charge in [0.15, 0.2) is 0 Å². The van der Waals surface area contributed by atoms with Crippen LogP contribution < -0.4 is 35.3 Å². The Balaban J connectivity index is -0.00000242. The molecular weight excluding hydrogens is 317 g/mol. The van der Waals surface area contributed by atoms with Crippen molar-refractivity contribution in [2.75, 3.05) is 6.61 Å². The van der Waals surface area contributed by atoms with Crippen LogP contribution in [0, 0.1) is 0 Å². The molecule has 0 saturated heterocycles. The van der Waals surface area contributed by atoms with E-state index in [1.807, 2.05) is 0 Å². The van der Waals surface area contributed by atoms with Gasteiger partial charge in [-0.05, 0) is 6.42 Å². The third kappa shape index (κ3) is 18.2. The predicted molar refractivity (Wildman–Crippen MR) is 93.4 cm³/mol. The number of rotatable bonds is 16. The quantitative estimate of drug-likeness (QED) is 0.247. The molecule has 24 heavy (non-hydrogen) atoms. The summed E-state index contributed by atoms with van der Waals surface area (Å²) in [4.78, 5) is 21.8. The average Bonchev–Trinajstić information content (AvgIpc) is 2.51. The molecular formula is C18H36NNaO4. The summed E-state index contributed by atoms with van der Waals surface area (Å²) in [5.41, 5.74) is 5.41. The SMILES string of the molecule is CCCCCCCCCCCCCCOC(=O)[C@@H](N)CC(=O)O.[H-].[Na+]. The van der Waals surface area contributed by atoms with Crippen molar-refractivity contribution in [3.63, 3.8) is 0 Å². The van der Waals surface area contributed by atoms with Gasteiger partial charge >= 0.3 is 41.5 Å². The summed E-state index contributed by atoms with van der Waals surface area (Å²) in [6, 6.07) is -1.05. The smallest absolute Gasteiger partial charge is 1.00 e. The third-order valence-corrected chi connectivity index (χ3v) is 3.94. The van der Waals surface area contributed by atoms with Crippen molar-refractivity contribution in [1.29, 1.82) is 0 Å². The molecule has 0 aliphatic rings. The fourth-order valence-electron chi connectivity index (χ4n) is 2.49. The van der Waals surface area contributed by atoms with Crippen LogP contribution in [-0.4, -0.2) is 29.7 Å². The number of hydrogen-bond donors (Lipinski definition) is 2. The molecule has 0 saturated carbocycles. The molecule has 0 bridgehead atoms. The van der Waals surface area contributed by atoms with E-state index in [4.69, 9.17) is 15.6 Å². The molecule has 0 aromatic carbocycles. The molecule has 0 spiro atoms. The van der Waals surface area contributed by atoms with Crippen LogP contribution in [0.2, 0.25) is 0 Å². The van der Waals surface area contributed by atoms with Gasteiger partial charge < -0.3 is 17.0 Å². The van der Waals surface area contributed by atoms with E-state index in [-0.39, 0.29) is 37.4 Å². The van der Waals surface area contributed by atoms with Gasteiger partial charge in [-0.3, -0.25) is 9.59 Å². The third-order valence-electron chi connectivity index (χ3n) is 3.94. The van der Waals surface area contributed by atoms with Gasteiger partial charge in [0.05, 0.1) is 13.0 Å².